The summed E-state index contributed by atoms with van der Waals surface area (Å²) in [6.07, 6.45) is 1.71. The van der Waals surface area contributed by atoms with Gasteiger partial charge in [-0.3, -0.25) is 0 Å². The number of aryl methyl sites for hydroxylation is 1. The van der Waals surface area contributed by atoms with Crippen LogP contribution in [-0.4, -0.2) is 15.0 Å². The Morgan fingerprint density at radius 1 is 1.38 bits per heavy atom. The lowest BCUT2D eigenvalue weighted by molar-refractivity contribution is 1.13. The average molecular weight is 192 g/mol. The lowest BCUT2D eigenvalue weighted by Crippen LogP contribution is -1.98. The Kier molecular flexibility index (Phi) is 1.94. The van der Waals surface area contributed by atoms with Gasteiger partial charge in [-0.25, -0.2) is 15.0 Å². The molecule has 0 aliphatic rings. The summed E-state index contributed by atoms with van der Waals surface area (Å²) in [6.45, 7) is 1.88. The molecule has 0 atom stereocenters. The molecule has 0 saturated carbocycles. The normalized spacial score (nSPS) is 10.2. The van der Waals surface area contributed by atoms with Crippen molar-refractivity contribution in [1.82, 2.24) is 15.0 Å². The molecule has 2 N–H and O–H groups in total. The van der Waals surface area contributed by atoms with E-state index in [1.165, 1.54) is 11.3 Å². The fourth-order valence-corrected chi connectivity index (χ4v) is 1.43. The van der Waals surface area contributed by atoms with Crippen molar-refractivity contribution in [3.63, 3.8) is 0 Å². The summed E-state index contributed by atoms with van der Waals surface area (Å²) in [5.74, 6) is 1.10. The molecule has 0 aromatic carbocycles. The van der Waals surface area contributed by atoms with Crippen molar-refractivity contribution in [3.05, 3.63) is 22.7 Å². The topological polar surface area (TPSA) is 64.7 Å². The summed E-state index contributed by atoms with van der Waals surface area (Å²) >= 11 is 1.51. The molecule has 2 aromatic heterocycles. The van der Waals surface area contributed by atoms with Gasteiger partial charge in [0.2, 0.25) is 0 Å². The van der Waals surface area contributed by atoms with Crippen molar-refractivity contribution >= 4 is 17.2 Å². The van der Waals surface area contributed by atoms with E-state index < -0.39 is 0 Å². The van der Waals surface area contributed by atoms with E-state index in [0.29, 0.717) is 11.6 Å². The number of thiazole rings is 1. The van der Waals surface area contributed by atoms with E-state index in [1.807, 2.05) is 12.3 Å². The zero-order valence-corrected chi connectivity index (χ0v) is 7.88. The van der Waals surface area contributed by atoms with Gasteiger partial charge in [0.1, 0.15) is 11.5 Å². The molecule has 0 unspecified atom stereocenters. The van der Waals surface area contributed by atoms with Crippen LogP contribution in [-0.2, 0) is 0 Å². The average Bonchev–Trinajstić information content (AvgIpc) is 2.62. The van der Waals surface area contributed by atoms with Crippen molar-refractivity contribution in [3.8, 4) is 11.5 Å². The standard InChI is InChI=1S/C8H8N4S/c1-5-2-10-8(12-7(5)9)6-3-13-4-11-6/h2-4H,1H3,(H2,9,10,12). The third kappa shape index (κ3) is 1.50. The third-order valence-electron chi connectivity index (χ3n) is 1.67. The monoisotopic (exact) mass is 192 g/mol. The predicted molar refractivity (Wildman–Crippen MR) is 52.3 cm³/mol. The van der Waals surface area contributed by atoms with Crippen molar-refractivity contribution in [2.75, 3.05) is 5.73 Å². The van der Waals surface area contributed by atoms with E-state index in [4.69, 9.17) is 5.73 Å². The first kappa shape index (κ1) is 8.12. The molecule has 5 heteroatoms. The summed E-state index contributed by atoms with van der Waals surface area (Å²) in [5.41, 5.74) is 9.06. The van der Waals surface area contributed by atoms with Crippen molar-refractivity contribution < 1.29 is 0 Å². The molecule has 0 spiro atoms. The van der Waals surface area contributed by atoms with Crippen molar-refractivity contribution in [1.29, 1.82) is 0 Å². The van der Waals surface area contributed by atoms with Gasteiger partial charge >= 0.3 is 0 Å². The highest BCUT2D eigenvalue weighted by Crippen LogP contribution is 2.16. The highest BCUT2D eigenvalue weighted by atomic mass is 32.1. The molecule has 0 saturated heterocycles. The van der Waals surface area contributed by atoms with Crippen molar-refractivity contribution in [2.24, 2.45) is 0 Å². The summed E-state index contributed by atoms with van der Waals surface area (Å²) in [5, 5.41) is 1.89. The molecule has 0 aliphatic carbocycles. The van der Waals surface area contributed by atoms with Gasteiger partial charge in [0.15, 0.2) is 5.82 Å². The molecule has 0 fully saturated rings. The minimum Gasteiger partial charge on any atom is -0.383 e. The number of nitrogen functional groups attached to an aromatic ring is 1. The number of anilines is 1. The Labute approximate surface area is 79.5 Å². The van der Waals surface area contributed by atoms with Crippen LogP contribution in [0.3, 0.4) is 0 Å². The van der Waals surface area contributed by atoms with Gasteiger partial charge in [-0.1, -0.05) is 0 Å². The molecule has 4 nitrogen and oxygen atoms in total. The number of hydrogen-bond acceptors (Lipinski definition) is 5. The van der Waals surface area contributed by atoms with E-state index in [0.717, 1.165) is 11.3 Å². The summed E-state index contributed by atoms with van der Waals surface area (Å²) in [4.78, 5) is 12.4. The van der Waals surface area contributed by atoms with E-state index >= 15 is 0 Å². The first-order chi connectivity index (χ1) is 6.27. The van der Waals surface area contributed by atoms with Crippen LogP contribution < -0.4 is 5.73 Å². The molecule has 13 heavy (non-hydrogen) atoms. The Bertz CT molecular complexity index is 410. The Balaban J connectivity index is 2.49. The van der Waals surface area contributed by atoms with Gasteiger partial charge in [-0.2, -0.15) is 0 Å². The number of aromatic nitrogens is 3. The van der Waals surface area contributed by atoms with Crippen LogP contribution >= 0.6 is 11.3 Å². The zero-order valence-electron chi connectivity index (χ0n) is 7.06. The van der Waals surface area contributed by atoms with Gasteiger partial charge in [-0.15, -0.1) is 11.3 Å². The Morgan fingerprint density at radius 3 is 2.85 bits per heavy atom. The lowest BCUT2D eigenvalue weighted by atomic mass is 10.3. The first-order valence-corrected chi connectivity index (χ1v) is 4.69. The number of nitrogens with zero attached hydrogens (tertiary/aromatic N) is 3. The summed E-state index contributed by atoms with van der Waals surface area (Å²) in [6, 6.07) is 0. The zero-order chi connectivity index (χ0) is 9.26. The second-order valence-electron chi connectivity index (χ2n) is 2.64. The molecule has 66 valence electrons. The molecule has 2 rings (SSSR count). The van der Waals surface area contributed by atoms with E-state index in [9.17, 15) is 0 Å². The molecule has 0 radical (unpaired) electrons. The molecule has 2 heterocycles. The van der Waals surface area contributed by atoms with E-state index in [-0.39, 0.29) is 0 Å². The minimum atomic E-state index is 0.512. The van der Waals surface area contributed by atoms with Crippen LogP contribution in [0.25, 0.3) is 11.5 Å². The van der Waals surface area contributed by atoms with Gasteiger partial charge in [-0.05, 0) is 6.92 Å². The fourth-order valence-electron chi connectivity index (χ4n) is 0.902. The third-order valence-corrected chi connectivity index (χ3v) is 2.26. The second-order valence-corrected chi connectivity index (χ2v) is 3.35. The van der Waals surface area contributed by atoms with Crippen molar-refractivity contribution in [2.45, 2.75) is 6.92 Å². The largest absolute Gasteiger partial charge is 0.383 e. The molecule has 0 amide bonds. The van der Waals surface area contributed by atoms with Crippen LogP contribution in [0.2, 0.25) is 0 Å². The number of rotatable bonds is 1. The van der Waals surface area contributed by atoms with Gasteiger partial charge in [0, 0.05) is 17.1 Å². The summed E-state index contributed by atoms with van der Waals surface area (Å²) < 4.78 is 0. The predicted octanol–water partition coefficient (Wildman–Crippen LogP) is 1.49. The first-order valence-electron chi connectivity index (χ1n) is 3.75. The van der Waals surface area contributed by atoms with E-state index in [2.05, 4.69) is 15.0 Å². The van der Waals surface area contributed by atoms with Crippen LogP contribution in [0.15, 0.2) is 17.1 Å². The molecular formula is C8H8N4S. The van der Waals surface area contributed by atoms with Gasteiger partial charge in [0.25, 0.3) is 0 Å². The van der Waals surface area contributed by atoms with Crippen LogP contribution in [0, 0.1) is 6.92 Å². The Morgan fingerprint density at radius 2 is 2.23 bits per heavy atom. The maximum absolute atomic E-state index is 5.65. The fraction of sp³-hybridized carbons (Fsp3) is 0.125. The SMILES string of the molecule is Cc1cnc(-c2cscn2)nc1N. The maximum atomic E-state index is 5.65. The lowest BCUT2D eigenvalue weighted by Gasteiger charge is -1.99. The maximum Gasteiger partial charge on any atom is 0.181 e. The molecular weight excluding hydrogens is 184 g/mol. The highest BCUT2D eigenvalue weighted by Gasteiger charge is 2.04. The number of nitrogens with two attached hydrogens (primary N) is 1. The van der Waals surface area contributed by atoms with Crippen LogP contribution in [0.4, 0.5) is 5.82 Å². The highest BCUT2D eigenvalue weighted by molar-refractivity contribution is 7.07. The van der Waals surface area contributed by atoms with Gasteiger partial charge < -0.3 is 5.73 Å². The second kappa shape index (κ2) is 3.10. The van der Waals surface area contributed by atoms with Crippen LogP contribution in [0.5, 0.6) is 0 Å². The smallest absolute Gasteiger partial charge is 0.181 e. The molecule has 0 bridgehead atoms. The Hall–Kier alpha value is -1.49. The quantitative estimate of drug-likeness (QED) is 0.743. The number of hydrogen-bond donors (Lipinski definition) is 1. The molecule has 0 aliphatic heterocycles. The van der Waals surface area contributed by atoms with Crippen LogP contribution in [0.1, 0.15) is 5.56 Å². The molecule has 2 aromatic rings. The van der Waals surface area contributed by atoms with Gasteiger partial charge in [0.05, 0.1) is 5.51 Å². The summed E-state index contributed by atoms with van der Waals surface area (Å²) in [7, 11) is 0. The minimum absolute atomic E-state index is 0.512. The van der Waals surface area contributed by atoms with E-state index in [1.54, 1.807) is 11.7 Å².